The van der Waals surface area contributed by atoms with Gasteiger partial charge in [0.05, 0.1) is 17.9 Å². The van der Waals surface area contributed by atoms with Crippen LogP contribution in [-0.2, 0) is 9.59 Å². The average molecular weight is 350 g/mol. The van der Waals surface area contributed by atoms with Gasteiger partial charge in [0.1, 0.15) is 6.54 Å². The largest absolute Gasteiger partial charge is 0.326 e. The third-order valence-corrected chi connectivity index (χ3v) is 5.10. The summed E-state index contributed by atoms with van der Waals surface area (Å²) >= 11 is 0. The summed E-state index contributed by atoms with van der Waals surface area (Å²) in [5.41, 5.74) is 8.96. The molecule has 0 spiro atoms. The van der Waals surface area contributed by atoms with E-state index in [0.29, 0.717) is 12.2 Å². The van der Waals surface area contributed by atoms with E-state index in [0.717, 1.165) is 12.2 Å². The number of nitrogens with zero attached hydrogens (tertiary/aromatic N) is 2. The molecule has 2 aliphatic rings. The van der Waals surface area contributed by atoms with Gasteiger partial charge in [0.2, 0.25) is 11.8 Å². The minimum absolute atomic E-state index is 0.00198. The van der Waals surface area contributed by atoms with Crippen molar-refractivity contribution in [1.29, 1.82) is 0 Å². The van der Waals surface area contributed by atoms with E-state index in [4.69, 9.17) is 5.73 Å². The van der Waals surface area contributed by atoms with Crippen molar-refractivity contribution in [3.05, 3.63) is 60.2 Å². The van der Waals surface area contributed by atoms with Gasteiger partial charge in [-0.15, -0.1) is 0 Å². The fourth-order valence-electron chi connectivity index (χ4n) is 3.83. The second-order valence-corrected chi connectivity index (χ2v) is 6.92. The smallest absolute Gasteiger partial charge is 0.244 e. The molecule has 6 nitrogen and oxygen atoms in total. The van der Waals surface area contributed by atoms with Crippen molar-refractivity contribution in [2.75, 3.05) is 36.4 Å². The molecule has 0 unspecified atom stereocenters. The van der Waals surface area contributed by atoms with Crippen LogP contribution in [0.25, 0.3) is 0 Å². The molecule has 1 fully saturated rings. The van der Waals surface area contributed by atoms with Crippen LogP contribution in [-0.4, -0.2) is 48.9 Å². The Morgan fingerprint density at radius 2 is 1.81 bits per heavy atom. The minimum atomic E-state index is -0.169. The molecule has 1 saturated heterocycles. The first-order valence-corrected chi connectivity index (χ1v) is 8.84. The summed E-state index contributed by atoms with van der Waals surface area (Å²) in [7, 11) is 0. The van der Waals surface area contributed by atoms with Gasteiger partial charge in [-0.3, -0.25) is 19.4 Å². The van der Waals surface area contributed by atoms with Gasteiger partial charge in [0.15, 0.2) is 0 Å². The van der Waals surface area contributed by atoms with Gasteiger partial charge >= 0.3 is 0 Å². The topological polar surface area (TPSA) is 78.7 Å². The number of nitrogens with one attached hydrogen (secondary N) is 1. The molecule has 2 aromatic carbocycles. The van der Waals surface area contributed by atoms with Gasteiger partial charge in [-0.25, -0.2) is 0 Å². The zero-order chi connectivity index (χ0) is 18.1. The number of likely N-dealkylation sites (tertiary alicyclic amines) is 1. The van der Waals surface area contributed by atoms with Gasteiger partial charge in [0.25, 0.3) is 0 Å². The summed E-state index contributed by atoms with van der Waals surface area (Å²) in [4.78, 5) is 28.5. The van der Waals surface area contributed by atoms with Crippen molar-refractivity contribution in [1.82, 2.24) is 4.90 Å². The second-order valence-electron chi connectivity index (χ2n) is 6.92. The maximum atomic E-state index is 12.9. The molecule has 3 N–H and O–H groups in total. The normalized spacial score (nSPS) is 22.8. The van der Waals surface area contributed by atoms with E-state index in [1.165, 1.54) is 5.56 Å². The van der Waals surface area contributed by atoms with E-state index in [2.05, 4.69) is 22.3 Å². The lowest BCUT2D eigenvalue weighted by atomic mass is 9.95. The number of anilines is 2. The number of amides is 2. The maximum Gasteiger partial charge on any atom is 0.244 e. The molecule has 0 radical (unpaired) electrons. The highest BCUT2D eigenvalue weighted by molar-refractivity contribution is 6.10. The number of carbonyl (C=O) groups excluding carboxylic acids is 2. The van der Waals surface area contributed by atoms with Crippen molar-refractivity contribution in [2.45, 2.75) is 12.0 Å². The van der Waals surface area contributed by atoms with Crippen LogP contribution in [0.15, 0.2) is 54.6 Å². The predicted octanol–water partition coefficient (Wildman–Crippen LogP) is 1.40. The van der Waals surface area contributed by atoms with E-state index in [-0.39, 0.29) is 36.9 Å². The number of fused-ring (bicyclic) bond motifs is 1. The summed E-state index contributed by atoms with van der Waals surface area (Å²) in [6, 6.07) is 17.6. The lowest BCUT2D eigenvalue weighted by Crippen LogP contribution is -2.46. The van der Waals surface area contributed by atoms with Crippen LogP contribution in [0.5, 0.6) is 0 Å². The first kappa shape index (κ1) is 16.8. The molecule has 2 aliphatic heterocycles. The van der Waals surface area contributed by atoms with Crippen LogP contribution in [0.4, 0.5) is 11.4 Å². The number of benzene rings is 2. The van der Waals surface area contributed by atoms with E-state index in [1.807, 2.05) is 42.5 Å². The molecule has 2 atom stereocenters. The third kappa shape index (κ3) is 3.21. The highest BCUT2D eigenvalue weighted by atomic mass is 16.2. The number of hydrogen-bond acceptors (Lipinski definition) is 4. The molecular formula is C20H22N4O2. The quantitative estimate of drug-likeness (QED) is 0.877. The fourth-order valence-corrected chi connectivity index (χ4v) is 3.83. The molecule has 2 heterocycles. The van der Waals surface area contributed by atoms with Crippen molar-refractivity contribution in [2.24, 2.45) is 5.73 Å². The lowest BCUT2D eigenvalue weighted by Gasteiger charge is -2.30. The summed E-state index contributed by atoms with van der Waals surface area (Å²) < 4.78 is 0. The first-order valence-electron chi connectivity index (χ1n) is 8.84. The summed E-state index contributed by atoms with van der Waals surface area (Å²) in [5.74, 6) is -0.0218. The van der Waals surface area contributed by atoms with Gasteiger partial charge < -0.3 is 11.1 Å². The molecule has 2 amide bonds. The fraction of sp³-hybridized carbons (Fsp3) is 0.300. The zero-order valence-electron chi connectivity index (χ0n) is 14.5. The molecule has 6 heteroatoms. The standard InChI is InChI=1S/C20H22N4O2/c21-16-11-23(10-15(16)14-6-2-1-3-7-14)13-20(26)24-12-19(25)22-17-8-4-5-9-18(17)24/h1-9,15-16H,10-13,21H2,(H,22,25)/t15-,16+/m0/s1. The SMILES string of the molecule is N[C@@H]1CN(CC(=O)N2CC(=O)Nc3ccccc32)C[C@H]1c1ccccc1. The van der Waals surface area contributed by atoms with E-state index in [1.54, 1.807) is 4.90 Å². The molecule has 0 bridgehead atoms. The molecule has 0 saturated carbocycles. The summed E-state index contributed by atoms with van der Waals surface area (Å²) in [5, 5.41) is 2.81. The summed E-state index contributed by atoms with van der Waals surface area (Å²) in [6.45, 7) is 1.74. The van der Waals surface area contributed by atoms with Gasteiger partial charge in [-0.05, 0) is 17.7 Å². The van der Waals surface area contributed by atoms with Crippen LogP contribution in [0.1, 0.15) is 11.5 Å². The molecule has 4 rings (SSSR count). The molecular weight excluding hydrogens is 328 g/mol. The van der Waals surface area contributed by atoms with E-state index in [9.17, 15) is 9.59 Å². The van der Waals surface area contributed by atoms with Crippen molar-refractivity contribution in [3.8, 4) is 0 Å². The maximum absolute atomic E-state index is 12.9. The van der Waals surface area contributed by atoms with Crippen LogP contribution < -0.4 is 16.0 Å². The molecule has 0 aliphatic carbocycles. The average Bonchev–Trinajstić information content (AvgIpc) is 3.01. The van der Waals surface area contributed by atoms with Gasteiger partial charge in [-0.2, -0.15) is 0 Å². The van der Waals surface area contributed by atoms with E-state index >= 15 is 0 Å². The Kier molecular flexibility index (Phi) is 4.44. The van der Waals surface area contributed by atoms with Gasteiger partial charge in [-0.1, -0.05) is 42.5 Å². The van der Waals surface area contributed by atoms with E-state index < -0.39 is 0 Å². The third-order valence-electron chi connectivity index (χ3n) is 5.10. The Balaban J connectivity index is 1.47. The molecule has 134 valence electrons. The monoisotopic (exact) mass is 350 g/mol. The summed E-state index contributed by atoms with van der Waals surface area (Å²) in [6.07, 6.45) is 0. The zero-order valence-corrected chi connectivity index (χ0v) is 14.5. The van der Waals surface area contributed by atoms with Gasteiger partial charge in [0, 0.05) is 25.0 Å². The first-order chi connectivity index (χ1) is 12.6. The van der Waals surface area contributed by atoms with Crippen LogP contribution in [0, 0.1) is 0 Å². The Bertz CT molecular complexity index is 824. The Morgan fingerprint density at radius 1 is 1.08 bits per heavy atom. The van der Waals surface area contributed by atoms with Crippen LogP contribution in [0.2, 0.25) is 0 Å². The Labute approximate surface area is 152 Å². The number of para-hydroxylation sites is 2. The minimum Gasteiger partial charge on any atom is -0.326 e. The van der Waals surface area contributed by atoms with Crippen molar-refractivity contribution in [3.63, 3.8) is 0 Å². The lowest BCUT2D eigenvalue weighted by molar-refractivity contribution is -0.122. The Hall–Kier alpha value is -2.70. The Morgan fingerprint density at radius 3 is 2.62 bits per heavy atom. The van der Waals surface area contributed by atoms with Crippen molar-refractivity contribution >= 4 is 23.2 Å². The molecule has 0 aromatic heterocycles. The molecule has 26 heavy (non-hydrogen) atoms. The van der Waals surface area contributed by atoms with Crippen LogP contribution >= 0.6 is 0 Å². The number of nitrogens with two attached hydrogens (primary N) is 1. The van der Waals surface area contributed by atoms with Crippen molar-refractivity contribution < 1.29 is 9.59 Å². The second kappa shape index (κ2) is 6.90. The number of hydrogen-bond donors (Lipinski definition) is 2. The van der Waals surface area contributed by atoms with Crippen LogP contribution in [0.3, 0.4) is 0 Å². The highest BCUT2D eigenvalue weighted by Gasteiger charge is 2.34. The predicted molar refractivity (Wildman–Crippen MR) is 101 cm³/mol. The molecule has 2 aromatic rings. The highest BCUT2D eigenvalue weighted by Crippen LogP contribution is 2.30. The number of carbonyl (C=O) groups is 2. The number of rotatable bonds is 3.